The summed E-state index contributed by atoms with van der Waals surface area (Å²) in [5.41, 5.74) is -1.76. The first-order valence-corrected chi connectivity index (χ1v) is 8.59. The number of fused-ring (bicyclic) bond motifs is 3. The summed E-state index contributed by atoms with van der Waals surface area (Å²) >= 11 is 0. The van der Waals surface area contributed by atoms with Gasteiger partial charge in [0.2, 0.25) is 0 Å². The summed E-state index contributed by atoms with van der Waals surface area (Å²) in [5, 5.41) is 5.13. The maximum atomic E-state index is 13.9. The van der Waals surface area contributed by atoms with Gasteiger partial charge in [-0.15, -0.1) is 0 Å². The van der Waals surface area contributed by atoms with Crippen molar-refractivity contribution in [2.24, 2.45) is 0 Å². The Bertz CT molecular complexity index is 1220. The lowest BCUT2D eigenvalue weighted by Crippen LogP contribution is -2.37. The number of carbonyl (C=O) groups is 1. The monoisotopic (exact) mass is 428 g/mol. The van der Waals surface area contributed by atoms with E-state index in [0.29, 0.717) is 11.6 Å². The Labute approximate surface area is 164 Å². The summed E-state index contributed by atoms with van der Waals surface area (Å²) in [5.74, 6) is -3.25. The molecule has 3 aromatic rings. The lowest BCUT2D eigenvalue weighted by molar-refractivity contribution is -0.141. The molecule has 1 aliphatic heterocycles. The van der Waals surface area contributed by atoms with E-state index in [1.165, 1.54) is 7.05 Å². The van der Waals surface area contributed by atoms with Crippen molar-refractivity contribution in [3.8, 4) is 0 Å². The largest absolute Gasteiger partial charge is 0.432 e. The zero-order valence-electron chi connectivity index (χ0n) is 15.2. The van der Waals surface area contributed by atoms with Gasteiger partial charge in [-0.05, 0) is 17.5 Å². The van der Waals surface area contributed by atoms with E-state index in [-0.39, 0.29) is 29.7 Å². The second-order valence-electron chi connectivity index (χ2n) is 6.77. The lowest BCUT2D eigenvalue weighted by atomic mass is 9.95. The van der Waals surface area contributed by atoms with Crippen LogP contribution in [0.2, 0.25) is 0 Å². The summed E-state index contributed by atoms with van der Waals surface area (Å²) in [6.07, 6.45) is -4.71. The van der Waals surface area contributed by atoms with Crippen molar-refractivity contribution in [3.63, 3.8) is 0 Å². The smallest absolute Gasteiger partial charge is 0.373 e. The molecule has 4 rings (SSSR count). The highest BCUT2D eigenvalue weighted by molar-refractivity contribution is 5.93. The van der Waals surface area contributed by atoms with E-state index in [1.807, 2.05) is 0 Å². The Morgan fingerprint density at radius 2 is 1.87 bits per heavy atom. The average molecular weight is 428 g/mol. The van der Waals surface area contributed by atoms with Gasteiger partial charge in [-0.2, -0.15) is 18.3 Å². The van der Waals surface area contributed by atoms with Gasteiger partial charge < -0.3 is 14.6 Å². The zero-order chi connectivity index (χ0) is 21.8. The van der Waals surface area contributed by atoms with Gasteiger partial charge in [0.1, 0.15) is 5.69 Å². The number of hydrogen-bond donors (Lipinski definition) is 2. The van der Waals surface area contributed by atoms with E-state index in [9.17, 15) is 31.5 Å². The molecule has 1 aliphatic rings. The molecule has 2 aromatic heterocycles. The van der Waals surface area contributed by atoms with Gasteiger partial charge in [0.05, 0.1) is 24.6 Å². The number of hydrogen-bond acceptors (Lipinski definition) is 4. The number of likely N-dealkylation sites (N-methyl/N-ethyl adjacent to an activating group) is 1. The predicted molar refractivity (Wildman–Crippen MR) is 92.6 cm³/mol. The quantitative estimate of drug-likeness (QED) is 0.615. The predicted octanol–water partition coefficient (Wildman–Crippen LogP) is 2.89. The minimum atomic E-state index is -4.71. The van der Waals surface area contributed by atoms with Gasteiger partial charge in [-0.25, -0.2) is 8.78 Å². The van der Waals surface area contributed by atoms with Gasteiger partial charge in [-0.3, -0.25) is 14.7 Å². The third-order valence-electron chi connectivity index (χ3n) is 4.93. The van der Waals surface area contributed by atoms with Gasteiger partial charge in [0, 0.05) is 24.4 Å². The minimum Gasteiger partial charge on any atom is -0.373 e. The fourth-order valence-corrected chi connectivity index (χ4v) is 3.45. The molecule has 0 bridgehead atoms. The molecule has 1 atom stereocenters. The average Bonchev–Trinajstić information content (AvgIpc) is 3.18. The van der Waals surface area contributed by atoms with E-state index < -0.39 is 46.7 Å². The number of aromatic amines is 2. The number of H-pyrrole nitrogens is 2. The van der Waals surface area contributed by atoms with Crippen molar-refractivity contribution in [1.29, 1.82) is 0 Å². The number of amides is 1. The summed E-state index contributed by atoms with van der Waals surface area (Å²) in [7, 11) is 1.31. The first-order chi connectivity index (χ1) is 14.1. The molecule has 0 radical (unpaired) electrons. The van der Waals surface area contributed by atoms with Crippen molar-refractivity contribution in [2.75, 3.05) is 13.7 Å². The van der Waals surface area contributed by atoms with Crippen LogP contribution in [0.25, 0.3) is 10.8 Å². The molecule has 2 N–H and O–H groups in total. The molecular weight excluding hydrogens is 415 g/mol. The number of aromatic nitrogens is 3. The van der Waals surface area contributed by atoms with Gasteiger partial charge in [0.25, 0.3) is 11.5 Å². The number of nitrogens with one attached hydrogen (secondary N) is 2. The molecule has 0 fully saturated rings. The maximum absolute atomic E-state index is 13.9. The summed E-state index contributed by atoms with van der Waals surface area (Å²) in [6.45, 7) is -0.120. The second kappa shape index (κ2) is 6.90. The zero-order valence-corrected chi connectivity index (χ0v) is 15.2. The summed E-state index contributed by atoms with van der Waals surface area (Å²) in [6, 6.07) is 1.29. The number of ether oxygens (including phenoxy) is 1. The summed E-state index contributed by atoms with van der Waals surface area (Å²) < 4.78 is 71.3. The third-order valence-corrected chi connectivity index (χ3v) is 4.93. The molecule has 1 aromatic carbocycles. The van der Waals surface area contributed by atoms with Crippen LogP contribution in [0.3, 0.4) is 0 Å². The van der Waals surface area contributed by atoms with E-state index >= 15 is 0 Å². The molecule has 12 heteroatoms. The molecule has 3 heterocycles. The van der Waals surface area contributed by atoms with Crippen molar-refractivity contribution in [3.05, 3.63) is 62.8 Å². The second-order valence-corrected chi connectivity index (χ2v) is 6.77. The number of pyridine rings is 1. The standard InChI is InChI=1S/C18H13F5N4O3/c1-27(17(29)11-4-14(26-25-11)18(21,22)23)13-6-30-5-12-15(13)7-2-9(19)10(20)3-8(7)16(28)24-12/h2-4,13H,5-6H2,1H3,(H,24,28)(H,25,26). The molecule has 1 unspecified atom stereocenters. The van der Waals surface area contributed by atoms with Crippen LogP contribution < -0.4 is 5.56 Å². The van der Waals surface area contributed by atoms with Crippen LogP contribution in [0.5, 0.6) is 0 Å². The van der Waals surface area contributed by atoms with Crippen LogP contribution in [0.4, 0.5) is 22.0 Å². The number of alkyl halides is 3. The van der Waals surface area contributed by atoms with Crippen LogP contribution >= 0.6 is 0 Å². The fraction of sp³-hybridized carbons (Fsp3) is 0.278. The van der Waals surface area contributed by atoms with Crippen molar-refractivity contribution >= 4 is 16.7 Å². The maximum Gasteiger partial charge on any atom is 0.432 e. The summed E-state index contributed by atoms with van der Waals surface area (Å²) in [4.78, 5) is 28.6. The van der Waals surface area contributed by atoms with Crippen LogP contribution in [0, 0.1) is 11.6 Å². The first kappa shape index (κ1) is 20.0. The molecule has 7 nitrogen and oxygen atoms in total. The Kier molecular flexibility index (Phi) is 4.60. The molecule has 30 heavy (non-hydrogen) atoms. The van der Waals surface area contributed by atoms with E-state index in [2.05, 4.69) is 10.1 Å². The number of carbonyl (C=O) groups excluding carboxylic acids is 1. The highest BCUT2D eigenvalue weighted by atomic mass is 19.4. The van der Waals surface area contributed by atoms with E-state index in [1.54, 1.807) is 5.10 Å². The SMILES string of the molecule is CN(C(=O)c1cc(C(F)(F)F)[nH]n1)C1COCc2[nH]c(=O)c3cc(F)c(F)cc3c21. The topological polar surface area (TPSA) is 91.1 Å². The molecule has 0 saturated heterocycles. The van der Waals surface area contributed by atoms with Gasteiger partial charge in [-0.1, -0.05) is 0 Å². The first-order valence-electron chi connectivity index (χ1n) is 8.59. The molecule has 158 valence electrons. The van der Waals surface area contributed by atoms with E-state index in [4.69, 9.17) is 4.74 Å². The number of halogens is 5. The van der Waals surface area contributed by atoms with Crippen LogP contribution in [-0.4, -0.2) is 39.6 Å². The van der Waals surface area contributed by atoms with Gasteiger partial charge >= 0.3 is 6.18 Å². The highest BCUT2D eigenvalue weighted by Crippen LogP contribution is 2.34. The number of nitrogens with zero attached hydrogens (tertiary/aromatic N) is 2. The molecule has 0 spiro atoms. The Balaban J connectivity index is 1.80. The Morgan fingerprint density at radius 1 is 1.20 bits per heavy atom. The Hall–Kier alpha value is -3.28. The Morgan fingerprint density at radius 3 is 2.50 bits per heavy atom. The lowest BCUT2D eigenvalue weighted by Gasteiger charge is -2.33. The van der Waals surface area contributed by atoms with Gasteiger partial charge in [0.15, 0.2) is 17.3 Å². The van der Waals surface area contributed by atoms with Crippen molar-refractivity contribution in [1.82, 2.24) is 20.1 Å². The minimum absolute atomic E-state index is 0.0430. The van der Waals surface area contributed by atoms with Crippen LogP contribution in [0.15, 0.2) is 23.0 Å². The molecule has 1 amide bonds. The third kappa shape index (κ3) is 3.22. The van der Waals surface area contributed by atoms with Crippen LogP contribution in [0.1, 0.15) is 33.5 Å². The van der Waals surface area contributed by atoms with Crippen molar-refractivity contribution < 1.29 is 31.5 Å². The van der Waals surface area contributed by atoms with E-state index in [0.717, 1.165) is 17.0 Å². The number of rotatable bonds is 2. The normalized spacial score (nSPS) is 16.5. The van der Waals surface area contributed by atoms with Crippen molar-refractivity contribution in [2.45, 2.75) is 18.8 Å². The molecule has 0 aliphatic carbocycles. The highest BCUT2D eigenvalue weighted by Gasteiger charge is 2.36. The molecular formula is C18H13F5N4O3. The fourth-order valence-electron chi connectivity index (χ4n) is 3.45. The molecule has 0 saturated carbocycles. The van der Waals surface area contributed by atoms with Crippen LogP contribution in [-0.2, 0) is 17.5 Å². The number of benzene rings is 1.